The fourth-order valence-electron chi connectivity index (χ4n) is 3.65. The van der Waals surface area contributed by atoms with Gasteiger partial charge >= 0.3 is 5.69 Å². The number of carbonyl (C=O) groups is 1. The van der Waals surface area contributed by atoms with Crippen molar-refractivity contribution in [3.8, 4) is 0 Å². The molecule has 2 heterocycles. The number of fused-ring (bicyclic) bond motifs is 1. The van der Waals surface area contributed by atoms with Crippen molar-refractivity contribution in [2.24, 2.45) is 14.1 Å². The molecule has 4 rings (SSSR count). The zero-order chi connectivity index (χ0) is 22.1. The number of hydrogen-bond donors (Lipinski definition) is 1. The smallest absolute Gasteiger partial charge is 0.332 e. The molecule has 1 unspecified atom stereocenters. The lowest BCUT2D eigenvalue weighted by Gasteiger charge is -2.20. The van der Waals surface area contributed by atoms with Gasteiger partial charge in [0.1, 0.15) is 6.54 Å². The molecular formula is C23H23N5O3. The number of nitrogens with one attached hydrogen (secondary N) is 1. The average Bonchev–Trinajstić information content (AvgIpc) is 3.16. The molecule has 1 atom stereocenters. The number of carbonyl (C=O) groups excluding carboxylic acids is 1. The second-order valence-corrected chi connectivity index (χ2v) is 7.58. The number of aryl methyl sites for hydroxylation is 3. The van der Waals surface area contributed by atoms with Crippen LogP contribution in [0.4, 0.5) is 0 Å². The molecule has 0 aliphatic carbocycles. The first-order valence-electron chi connectivity index (χ1n) is 9.88. The Kier molecular flexibility index (Phi) is 5.29. The second-order valence-electron chi connectivity index (χ2n) is 7.58. The first kappa shape index (κ1) is 20.3. The molecule has 1 amide bonds. The minimum Gasteiger partial charge on any atom is -0.344 e. The average molecular weight is 417 g/mol. The predicted molar refractivity (Wildman–Crippen MR) is 118 cm³/mol. The molecule has 0 saturated heterocycles. The molecule has 4 aromatic rings. The topological polar surface area (TPSA) is 90.9 Å². The molecule has 158 valence electrons. The van der Waals surface area contributed by atoms with Gasteiger partial charge in [-0.1, -0.05) is 60.2 Å². The Balaban J connectivity index is 1.69. The number of benzene rings is 2. The Hall–Kier alpha value is -3.94. The summed E-state index contributed by atoms with van der Waals surface area (Å²) in [7, 11) is 3.21. The maximum Gasteiger partial charge on any atom is 0.332 e. The maximum absolute atomic E-state index is 13.0. The Morgan fingerprint density at radius 3 is 2.32 bits per heavy atom. The van der Waals surface area contributed by atoms with Crippen molar-refractivity contribution in [1.82, 2.24) is 24.0 Å². The summed E-state index contributed by atoms with van der Waals surface area (Å²) in [5, 5.41) is 2.98. The van der Waals surface area contributed by atoms with Crippen LogP contribution in [0.15, 0.2) is 70.5 Å². The Morgan fingerprint density at radius 2 is 1.65 bits per heavy atom. The lowest BCUT2D eigenvalue weighted by atomic mass is 9.98. The summed E-state index contributed by atoms with van der Waals surface area (Å²) < 4.78 is 3.76. The van der Waals surface area contributed by atoms with E-state index >= 15 is 0 Å². The van der Waals surface area contributed by atoms with Crippen LogP contribution in [-0.2, 0) is 25.4 Å². The molecule has 2 aromatic carbocycles. The van der Waals surface area contributed by atoms with E-state index < -0.39 is 23.2 Å². The zero-order valence-electron chi connectivity index (χ0n) is 17.6. The molecule has 0 fully saturated rings. The van der Waals surface area contributed by atoms with Crippen molar-refractivity contribution in [3.05, 3.63) is 98.5 Å². The largest absolute Gasteiger partial charge is 0.344 e. The van der Waals surface area contributed by atoms with Crippen molar-refractivity contribution >= 4 is 17.1 Å². The number of imidazole rings is 1. The van der Waals surface area contributed by atoms with Gasteiger partial charge in [-0.2, -0.15) is 0 Å². The van der Waals surface area contributed by atoms with Gasteiger partial charge in [0.2, 0.25) is 5.91 Å². The van der Waals surface area contributed by atoms with E-state index in [1.807, 2.05) is 61.5 Å². The van der Waals surface area contributed by atoms with Gasteiger partial charge < -0.3 is 9.88 Å². The fourth-order valence-corrected chi connectivity index (χ4v) is 3.65. The lowest BCUT2D eigenvalue weighted by molar-refractivity contribution is -0.122. The van der Waals surface area contributed by atoms with Crippen molar-refractivity contribution in [1.29, 1.82) is 0 Å². The van der Waals surface area contributed by atoms with E-state index in [9.17, 15) is 14.4 Å². The SMILES string of the molecule is Cc1ccc(C(NC(=O)Cn2c(=O)c3c(ncn3C)n(C)c2=O)c2ccccc2)cc1. The molecule has 0 saturated carbocycles. The van der Waals surface area contributed by atoms with Crippen molar-refractivity contribution in [2.45, 2.75) is 19.5 Å². The molecule has 0 spiro atoms. The molecule has 0 aliphatic heterocycles. The number of aromatic nitrogens is 4. The molecule has 1 N–H and O–H groups in total. The third kappa shape index (κ3) is 3.79. The van der Waals surface area contributed by atoms with Gasteiger partial charge in [0, 0.05) is 14.1 Å². The van der Waals surface area contributed by atoms with E-state index in [1.54, 1.807) is 11.6 Å². The third-order valence-electron chi connectivity index (χ3n) is 5.35. The van der Waals surface area contributed by atoms with Gasteiger partial charge in [-0.3, -0.25) is 14.2 Å². The number of amides is 1. The zero-order valence-corrected chi connectivity index (χ0v) is 17.6. The van der Waals surface area contributed by atoms with Crippen LogP contribution in [0, 0.1) is 6.92 Å². The van der Waals surface area contributed by atoms with E-state index in [0.29, 0.717) is 0 Å². The first-order valence-corrected chi connectivity index (χ1v) is 9.88. The van der Waals surface area contributed by atoms with Gasteiger partial charge in [-0.25, -0.2) is 14.3 Å². The monoisotopic (exact) mass is 417 g/mol. The summed E-state index contributed by atoms with van der Waals surface area (Å²) in [4.78, 5) is 42.7. The minimum atomic E-state index is -0.585. The molecule has 8 nitrogen and oxygen atoms in total. The van der Waals surface area contributed by atoms with Crippen LogP contribution in [0.5, 0.6) is 0 Å². The van der Waals surface area contributed by atoms with E-state index in [1.165, 1.54) is 17.9 Å². The standard InChI is InChI=1S/C23H23N5O3/c1-15-9-11-17(12-10-15)19(16-7-5-4-6-8-16)25-18(29)13-28-22(30)20-21(24-14-26(20)2)27(3)23(28)31/h4-12,14,19H,13H2,1-3H3,(H,25,29). The van der Waals surface area contributed by atoms with Crippen molar-refractivity contribution in [2.75, 3.05) is 0 Å². The highest BCUT2D eigenvalue weighted by Gasteiger charge is 2.20. The van der Waals surface area contributed by atoms with E-state index in [-0.39, 0.29) is 17.7 Å². The van der Waals surface area contributed by atoms with E-state index in [2.05, 4.69) is 10.3 Å². The highest BCUT2D eigenvalue weighted by Crippen LogP contribution is 2.22. The quantitative estimate of drug-likeness (QED) is 0.535. The molecule has 8 heteroatoms. The van der Waals surface area contributed by atoms with E-state index in [4.69, 9.17) is 0 Å². The van der Waals surface area contributed by atoms with E-state index in [0.717, 1.165) is 21.3 Å². The summed E-state index contributed by atoms with van der Waals surface area (Å²) >= 11 is 0. The highest BCUT2D eigenvalue weighted by molar-refractivity contribution is 5.77. The highest BCUT2D eigenvalue weighted by atomic mass is 16.2. The molecule has 0 bridgehead atoms. The van der Waals surface area contributed by atoms with Crippen LogP contribution >= 0.6 is 0 Å². The first-order chi connectivity index (χ1) is 14.9. The molecule has 0 radical (unpaired) electrons. The maximum atomic E-state index is 13.0. The van der Waals surface area contributed by atoms with Crippen LogP contribution in [-0.4, -0.2) is 24.6 Å². The Labute approximate surface area is 178 Å². The fraction of sp³-hybridized carbons (Fsp3) is 0.217. The van der Waals surface area contributed by atoms with Gasteiger partial charge in [0.05, 0.1) is 12.4 Å². The summed E-state index contributed by atoms with van der Waals surface area (Å²) in [5.41, 5.74) is 2.36. The summed E-state index contributed by atoms with van der Waals surface area (Å²) in [5.74, 6) is -0.435. The Bertz CT molecular complexity index is 1360. The van der Waals surface area contributed by atoms with Gasteiger partial charge in [0.15, 0.2) is 11.2 Å². The molecule has 0 aliphatic rings. The van der Waals surface area contributed by atoms with Gasteiger partial charge in [-0.05, 0) is 18.1 Å². The second kappa shape index (κ2) is 8.06. The normalized spacial score (nSPS) is 12.1. The van der Waals surface area contributed by atoms with Crippen LogP contribution in [0.1, 0.15) is 22.7 Å². The van der Waals surface area contributed by atoms with Crippen LogP contribution in [0.3, 0.4) is 0 Å². The predicted octanol–water partition coefficient (Wildman–Crippen LogP) is 1.65. The van der Waals surface area contributed by atoms with Crippen LogP contribution < -0.4 is 16.6 Å². The van der Waals surface area contributed by atoms with Gasteiger partial charge in [0.25, 0.3) is 5.56 Å². The Morgan fingerprint density at radius 1 is 1.00 bits per heavy atom. The molecule has 31 heavy (non-hydrogen) atoms. The van der Waals surface area contributed by atoms with Crippen molar-refractivity contribution < 1.29 is 4.79 Å². The number of rotatable bonds is 5. The van der Waals surface area contributed by atoms with Crippen LogP contribution in [0.25, 0.3) is 11.2 Å². The van der Waals surface area contributed by atoms with Crippen LogP contribution in [0.2, 0.25) is 0 Å². The summed E-state index contributed by atoms with van der Waals surface area (Å²) in [6.45, 7) is 1.61. The van der Waals surface area contributed by atoms with Gasteiger partial charge in [-0.15, -0.1) is 0 Å². The minimum absolute atomic E-state index is 0.271. The number of nitrogens with zero attached hydrogens (tertiary/aromatic N) is 4. The lowest BCUT2D eigenvalue weighted by Crippen LogP contribution is -2.44. The summed E-state index contributed by atoms with van der Waals surface area (Å²) in [6.07, 6.45) is 1.47. The third-order valence-corrected chi connectivity index (χ3v) is 5.35. The number of hydrogen-bond acceptors (Lipinski definition) is 4. The van der Waals surface area contributed by atoms with Crippen molar-refractivity contribution in [3.63, 3.8) is 0 Å². The molecule has 2 aromatic heterocycles. The molecular weight excluding hydrogens is 394 g/mol. The summed E-state index contributed by atoms with van der Waals surface area (Å²) in [6, 6.07) is 17.0.